The van der Waals surface area contributed by atoms with Crippen LogP contribution in [0.3, 0.4) is 0 Å². The normalized spacial score (nSPS) is 18.1. The molecular formula is C12H15NO4S. The summed E-state index contributed by atoms with van der Waals surface area (Å²) < 4.78 is 31.0. The Labute approximate surface area is 106 Å². The maximum atomic E-state index is 11.5. The Hall–Kier alpha value is -1.40. The molecule has 1 amide bonds. The van der Waals surface area contributed by atoms with Gasteiger partial charge in [0.2, 0.25) is 5.91 Å². The number of hydrogen-bond acceptors (Lipinski definition) is 3. The van der Waals surface area contributed by atoms with E-state index in [1.54, 1.807) is 29.2 Å². The Morgan fingerprint density at radius 3 is 2.33 bits per heavy atom. The predicted molar refractivity (Wildman–Crippen MR) is 68.0 cm³/mol. The number of anilines is 1. The van der Waals surface area contributed by atoms with Crippen LogP contribution in [-0.2, 0) is 14.9 Å². The Balaban J connectivity index is 2.23. The fourth-order valence-electron chi connectivity index (χ4n) is 2.02. The van der Waals surface area contributed by atoms with E-state index in [0.29, 0.717) is 18.5 Å². The number of amides is 1. The highest BCUT2D eigenvalue weighted by atomic mass is 32.2. The second-order valence-electron chi connectivity index (χ2n) is 4.40. The predicted octanol–water partition coefficient (Wildman–Crippen LogP) is 1.76. The first-order chi connectivity index (χ1) is 8.39. The summed E-state index contributed by atoms with van der Waals surface area (Å²) in [5.74, 6) is 0.0885. The van der Waals surface area contributed by atoms with E-state index < -0.39 is 15.4 Å². The first-order valence-electron chi connectivity index (χ1n) is 5.76. The SMILES string of the molecule is CC(c1ccc(N2CCCC2=O)cc1)S(=O)(=O)O. The molecule has 18 heavy (non-hydrogen) atoms. The molecule has 1 aliphatic heterocycles. The van der Waals surface area contributed by atoms with Crippen molar-refractivity contribution in [2.24, 2.45) is 0 Å². The van der Waals surface area contributed by atoms with Crippen LogP contribution in [0.15, 0.2) is 24.3 Å². The zero-order valence-corrected chi connectivity index (χ0v) is 10.9. The lowest BCUT2D eigenvalue weighted by molar-refractivity contribution is -0.117. The number of hydrogen-bond donors (Lipinski definition) is 1. The number of nitrogens with zero attached hydrogens (tertiary/aromatic N) is 1. The highest BCUT2D eigenvalue weighted by molar-refractivity contribution is 7.86. The van der Waals surface area contributed by atoms with Crippen molar-refractivity contribution >= 4 is 21.7 Å². The summed E-state index contributed by atoms with van der Waals surface area (Å²) in [6.07, 6.45) is 1.41. The Morgan fingerprint density at radius 2 is 1.89 bits per heavy atom. The van der Waals surface area contributed by atoms with Gasteiger partial charge in [0.05, 0.1) is 0 Å². The van der Waals surface area contributed by atoms with E-state index in [-0.39, 0.29) is 5.91 Å². The van der Waals surface area contributed by atoms with Crippen molar-refractivity contribution in [2.75, 3.05) is 11.4 Å². The lowest BCUT2D eigenvalue weighted by Crippen LogP contribution is -2.23. The minimum Gasteiger partial charge on any atom is -0.312 e. The van der Waals surface area contributed by atoms with Gasteiger partial charge < -0.3 is 4.90 Å². The molecule has 0 spiro atoms. The van der Waals surface area contributed by atoms with E-state index >= 15 is 0 Å². The fourth-order valence-corrected chi connectivity index (χ4v) is 2.52. The van der Waals surface area contributed by atoms with Gasteiger partial charge in [-0.2, -0.15) is 8.42 Å². The lowest BCUT2D eigenvalue weighted by atomic mass is 10.1. The van der Waals surface area contributed by atoms with Crippen LogP contribution in [0, 0.1) is 0 Å². The third kappa shape index (κ3) is 2.54. The van der Waals surface area contributed by atoms with Gasteiger partial charge in [0.15, 0.2) is 0 Å². The minimum absolute atomic E-state index is 0.0885. The number of rotatable bonds is 3. The van der Waals surface area contributed by atoms with Crippen molar-refractivity contribution in [1.29, 1.82) is 0 Å². The van der Waals surface area contributed by atoms with Crippen molar-refractivity contribution in [2.45, 2.75) is 25.0 Å². The van der Waals surface area contributed by atoms with E-state index in [9.17, 15) is 13.2 Å². The molecule has 1 atom stereocenters. The first kappa shape index (κ1) is 13.0. The van der Waals surface area contributed by atoms with Crippen molar-refractivity contribution in [3.63, 3.8) is 0 Å². The van der Waals surface area contributed by atoms with Gasteiger partial charge in [-0.05, 0) is 31.0 Å². The zero-order chi connectivity index (χ0) is 13.3. The molecule has 0 saturated carbocycles. The molecule has 1 fully saturated rings. The Kier molecular flexibility index (Phi) is 3.41. The molecule has 1 unspecified atom stereocenters. The van der Waals surface area contributed by atoms with E-state index in [1.165, 1.54) is 6.92 Å². The molecule has 0 aromatic heterocycles. The summed E-state index contributed by atoms with van der Waals surface area (Å²) in [5, 5.41) is -0.958. The standard InChI is InChI=1S/C12H15NO4S/c1-9(18(15,16)17)10-4-6-11(7-5-10)13-8-2-3-12(13)14/h4-7,9H,2-3,8H2,1H3,(H,15,16,17). The van der Waals surface area contributed by atoms with E-state index in [0.717, 1.165) is 12.1 Å². The zero-order valence-electron chi connectivity index (χ0n) is 10.0. The van der Waals surface area contributed by atoms with Gasteiger partial charge in [0.1, 0.15) is 5.25 Å². The van der Waals surface area contributed by atoms with Crippen LogP contribution in [-0.4, -0.2) is 25.4 Å². The van der Waals surface area contributed by atoms with Gasteiger partial charge in [-0.25, -0.2) is 0 Å². The van der Waals surface area contributed by atoms with Crippen LogP contribution in [0.1, 0.15) is 30.6 Å². The summed E-state index contributed by atoms with van der Waals surface area (Å²) in [6, 6.07) is 6.67. The highest BCUT2D eigenvalue weighted by Crippen LogP contribution is 2.26. The van der Waals surface area contributed by atoms with Gasteiger partial charge in [-0.3, -0.25) is 9.35 Å². The first-order valence-corrected chi connectivity index (χ1v) is 7.26. The van der Waals surface area contributed by atoms with Crippen LogP contribution in [0.4, 0.5) is 5.69 Å². The third-order valence-electron chi connectivity index (χ3n) is 3.19. The molecule has 1 saturated heterocycles. The summed E-state index contributed by atoms with van der Waals surface area (Å²) in [6.45, 7) is 2.12. The summed E-state index contributed by atoms with van der Waals surface area (Å²) in [5.41, 5.74) is 1.27. The van der Waals surface area contributed by atoms with Crippen molar-refractivity contribution in [3.8, 4) is 0 Å². The van der Waals surface area contributed by atoms with Crippen LogP contribution < -0.4 is 4.90 Å². The smallest absolute Gasteiger partial charge is 0.271 e. The fraction of sp³-hybridized carbons (Fsp3) is 0.417. The summed E-state index contributed by atoms with van der Waals surface area (Å²) in [4.78, 5) is 13.2. The van der Waals surface area contributed by atoms with Crippen LogP contribution in [0.25, 0.3) is 0 Å². The van der Waals surface area contributed by atoms with Gasteiger partial charge in [-0.1, -0.05) is 12.1 Å². The average molecular weight is 269 g/mol. The molecule has 6 heteroatoms. The molecule has 0 bridgehead atoms. The van der Waals surface area contributed by atoms with Crippen LogP contribution in [0.5, 0.6) is 0 Å². The number of carbonyl (C=O) groups is 1. The molecule has 98 valence electrons. The molecule has 0 radical (unpaired) electrons. The van der Waals surface area contributed by atoms with Crippen molar-refractivity contribution in [3.05, 3.63) is 29.8 Å². The largest absolute Gasteiger partial charge is 0.312 e. The molecule has 0 aliphatic carbocycles. The molecule has 1 heterocycles. The molecular weight excluding hydrogens is 254 g/mol. The number of benzene rings is 1. The maximum absolute atomic E-state index is 11.5. The van der Waals surface area contributed by atoms with Gasteiger partial charge in [0, 0.05) is 18.7 Å². The Bertz CT molecular complexity index is 550. The van der Waals surface area contributed by atoms with E-state index in [1.807, 2.05) is 0 Å². The monoisotopic (exact) mass is 269 g/mol. The van der Waals surface area contributed by atoms with E-state index in [4.69, 9.17) is 4.55 Å². The second kappa shape index (κ2) is 4.70. The van der Waals surface area contributed by atoms with Crippen molar-refractivity contribution < 1.29 is 17.8 Å². The average Bonchev–Trinajstić information content (AvgIpc) is 2.73. The van der Waals surface area contributed by atoms with E-state index in [2.05, 4.69) is 0 Å². The maximum Gasteiger partial charge on any atom is 0.271 e. The Morgan fingerprint density at radius 1 is 1.28 bits per heavy atom. The topological polar surface area (TPSA) is 74.7 Å². The molecule has 2 rings (SSSR count). The quantitative estimate of drug-likeness (QED) is 0.848. The summed E-state index contributed by atoms with van der Waals surface area (Å²) >= 11 is 0. The second-order valence-corrected chi connectivity index (χ2v) is 6.13. The van der Waals surface area contributed by atoms with Gasteiger partial charge in [0.25, 0.3) is 10.1 Å². The summed E-state index contributed by atoms with van der Waals surface area (Å²) in [7, 11) is -4.08. The minimum atomic E-state index is -4.08. The molecule has 1 aromatic carbocycles. The molecule has 1 aromatic rings. The molecule has 1 aliphatic rings. The molecule has 5 nitrogen and oxygen atoms in total. The van der Waals surface area contributed by atoms with Gasteiger partial charge >= 0.3 is 0 Å². The number of carbonyl (C=O) groups excluding carboxylic acids is 1. The lowest BCUT2D eigenvalue weighted by Gasteiger charge is -2.16. The third-order valence-corrected chi connectivity index (χ3v) is 4.36. The van der Waals surface area contributed by atoms with Crippen LogP contribution >= 0.6 is 0 Å². The van der Waals surface area contributed by atoms with Crippen LogP contribution in [0.2, 0.25) is 0 Å². The molecule has 1 N–H and O–H groups in total. The van der Waals surface area contributed by atoms with Crippen molar-refractivity contribution in [1.82, 2.24) is 0 Å². The highest BCUT2D eigenvalue weighted by Gasteiger charge is 2.23. The van der Waals surface area contributed by atoms with Gasteiger partial charge in [-0.15, -0.1) is 0 Å².